The highest BCUT2D eigenvalue weighted by Gasteiger charge is 2.32. The summed E-state index contributed by atoms with van der Waals surface area (Å²) in [6.07, 6.45) is 3.32. The lowest BCUT2D eigenvalue weighted by molar-refractivity contribution is 0.0186. The third-order valence-electron chi connectivity index (χ3n) is 3.13. The van der Waals surface area contributed by atoms with Crippen LogP contribution in [0.15, 0.2) is 22.8 Å². The van der Waals surface area contributed by atoms with Gasteiger partial charge < -0.3 is 14.4 Å². The summed E-state index contributed by atoms with van der Waals surface area (Å²) in [6.45, 7) is 6.78. The Balaban J connectivity index is 1.90. The lowest BCUT2D eigenvalue weighted by Crippen LogP contribution is -2.42. The molecule has 0 radical (unpaired) electrons. The summed E-state index contributed by atoms with van der Waals surface area (Å²) in [4.78, 5) is 18.1. The molecule has 0 N–H and O–H groups in total. The van der Waals surface area contributed by atoms with Gasteiger partial charge in [0, 0.05) is 23.3 Å². The molecule has 1 aromatic rings. The molecule has 1 aliphatic rings. The Hall–Kier alpha value is -1.30. The first-order valence-corrected chi connectivity index (χ1v) is 7.88. The quantitative estimate of drug-likeness (QED) is 0.829. The fourth-order valence-electron chi connectivity index (χ4n) is 2.20. The van der Waals surface area contributed by atoms with E-state index in [2.05, 4.69) is 20.9 Å². The molecule has 116 valence electrons. The van der Waals surface area contributed by atoms with Crippen molar-refractivity contribution in [1.82, 2.24) is 9.88 Å². The van der Waals surface area contributed by atoms with E-state index in [-0.39, 0.29) is 12.1 Å². The van der Waals surface area contributed by atoms with E-state index in [1.165, 1.54) is 0 Å². The molecule has 1 atom stereocenters. The summed E-state index contributed by atoms with van der Waals surface area (Å²) in [5.74, 6) is 0.564. The van der Waals surface area contributed by atoms with Crippen LogP contribution in [0.1, 0.15) is 33.6 Å². The minimum Gasteiger partial charge on any atom is -0.475 e. The van der Waals surface area contributed by atoms with E-state index in [0.717, 1.165) is 23.9 Å². The molecule has 1 aliphatic heterocycles. The van der Waals surface area contributed by atoms with Crippen LogP contribution in [0.5, 0.6) is 5.88 Å². The molecule has 0 bridgehead atoms. The van der Waals surface area contributed by atoms with Gasteiger partial charge in [-0.05, 0) is 55.6 Å². The SMILES string of the molecule is CC(C)(C)OC(=O)N1CCC[C@@H]1COc1ccc(Br)cn1. The van der Waals surface area contributed by atoms with Crippen molar-refractivity contribution in [3.8, 4) is 5.88 Å². The van der Waals surface area contributed by atoms with Crippen LogP contribution in [0.3, 0.4) is 0 Å². The van der Waals surface area contributed by atoms with Gasteiger partial charge >= 0.3 is 6.09 Å². The average Bonchev–Trinajstić information content (AvgIpc) is 2.84. The van der Waals surface area contributed by atoms with Crippen molar-refractivity contribution < 1.29 is 14.3 Å². The van der Waals surface area contributed by atoms with Crippen molar-refractivity contribution in [2.45, 2.75) is 45.3 Å². The largest absolute Gasteiger partial charge is 0.475 e. The second kappa shape index (κ2) is 6.64. The number of carbonyl (C=O) groups is 1. The van der Waals surface area contributed by atoms with E-state index in [1.54, 1.807) is 17.2 Å². The molecule has 1 saturated heterocycles. The maximum Gasteiger partial charge on any atom is 0.410 e. The minimum atomic E-state index is -0.474. The van der Waals surface area contributed by atoms with Crippen molar-refractivity contribution >= 4 is 22.0 Å². The fourth-order valence-corrected chi connectivity index (χ4v) is 2.43. The van der Waals surface area contributed by atoms with E-state index in [4.69, 9.17) is 9.47 Å². The minimum absolute atomic E-state index is 0.0466. The predicted octanol–water partition coefficient (Wildman–Crippen LogP) is 3.62. The number of rotatable bonds is 3. The molecule has 1 amide bonds. The zero-order chi connectivity index (χ0) is 15.5. The van der Waals surface area contributed by atoms with E-state index in [0.29, 0.717) is 12.5 Å². The number of pyridine rings is 1. The molecule has 0 saturated carbocycles. The molecule has 5 nitrogen and oxygen atoms in total. The van der Waals surface area contributed by atoms with Gasteiger partial charge in [0.1, 0.15) is 12.2 Å². The van der Waals surface area contributed by atoms with Crippen molar-refractivity contribution in [3.63, 3.8) is 0 Å². The Morgan fingerprint density at radius 3 is 2.86 bits per heavy atom. The van der Waals surface area contributed by atoms with Crippen molar-refractivity contribution in [1.29, 1.82) is 0 Å². The Morgan fingerprint density at radius 2 is 2.24 bits per heavy atom. The molecular weight excluding hydrogens is 336 g/mol. The van der Waals surface area contributed by atoms with Gasteiger partial charge in [0.15, 0.2) is 0 Å². The second-order valence-corrected chi connectivity index (χ2v) is 7.01. The maximum absolute atomic E-state index is 12.2. The average molecular weight is 357 g/mol. The Morgan fingerprint density at radius 1 is 1.48 bits per heavy atom. The van der Waals surface area contributed by atoms with E-state index >= 15 is 0 Å². The highest BCUT2D eigenvalue weighted by atomic mass is 79.9. The van der Waals surface area contributed by atoms with E-state index < -0.39 is 5.60 Å². The predicted molar refractivity (Wildman–Crippen MR) is 83.4 cm³/mol. The van der Waals surface area contributed by atoms with Gasteiger partial charge in [0.05, 0.1) is 6.04 Å². The number of aromatic nitrogens is 1. The number of likely N-dealkylation sites (tertiary alicyclic amines) is 1. The maximum atomic E-state index is 12.2. The summed E-state index contributed by atoms with van der Waals surface area (Å²) < 4.78 is 12.0. The molecule has 0 spiro atoms. The third-order valence-corrected chi connectivity index (χ3v) is 3.60. The first-order valence-electron chi connectivity index (χ1n) is 7.09. The van der Waals surface area contributed by atoms with Gasteiger partial charge in [-0.2, -0.15) is 0 Å². The molecule has 1 aromatic heterocycles. The van der Waals surface area contributed by atoms with Crippen molar-refractivity contribution in [2.75, 3.05) is 13.2 Å². The molecule has 0 aliphatic carbocycles. The Labute approximate surface area is 133 Å². The van der Waals surface area contributed by atoms with Crippen molar-refractivity contribution in [2.24, 2.45) is 0 Å². The number of halogens is 1. The number of ether oxygens (including phenoxy) is 2. The van der Waals surface area contributed by atoms with E-state index in [9.17, 15) is 4.79 Å². The molecule has 6 heteroatoms. The topological polar surface area (TPSA) is 51.7 Å². The van der Waals surface area contributed by atoms with Crippen LogP contribution in [-0.4, -0.2) is 40.8 Å². The normalized spacial score (nSPS) is 18.7. The van der Waals surface area contributed by atoms with Crippen LogP contribution < -0.4 is 4.74 Å². The van der Waals surface area contributed by atoms with Crippen LogP contribution in [-0.2, 0) is 4.74 Å². The standard InChI is InChI=1S/C15H21BrN2O3/c1-15(2,3)21-14(19)18-8-4-5-12(18)10-20-13-7-6-11(16)9-17-13/h6-7,9,12H,4-5,8,10H2,1-3H3/t12-/m1/s1. The number of amides is 1. The van der Waals surface area contributed by atoms with Gasteiger partial charge in [-0.1, -0.05) is 0 Å². The van der Waals surface area contributed by atoms with Crippen LogP contribution in [0.4, 0.5) is 4.79 Å². The summed E-state index contributed by atoms with van der Waals surface area (Å²) in [5.41, 5.74) is -0.474. The molecular formula is C15H21BrN2O3. The first-order chi connectivity index (χ1) is 9.85. The zero-order valence-electron chi connectivity index (χ0n) is 12.6. The second-order valence-electron chi connectivity index (χ2n) is 6.10. The summed E-state index contributed by atoms with van der Waals surface area (Å²) in [5, 5.41) is 0. The van der Waals surface area contributed by atoms with Crippen LogP contribution in [0.25, 0.3) is 0 Å². The lowest BCUT2D eigenvalue weighted by Gasteiger charge is -2.28. The highest BCUT2D eigenvalue weighted by molar-refractivity contribution is 9.10. The molecule has 21 heavy (non-hydrogen) atoms. The Kier molecular flexibility index (Phi) is 5.08. The van der Waals surface area contributed by atoms with E-state index in [1.807, 2.05) is 26.8 Å². The molecule has 2 rings (SSSR count). The Bertz CT molecular complexity index is 485. The monoisotopic (exact) mass is 356 g/mol. The van der Waals surface area contributed by atoms with Gasteiger partial charge in [-0.25, -0.2) is 9.78 Å². The smallest absolute Gasteiger partial charge is 0.410 e. The number of hydrogen-bond acceptors (Lipinski definition) is 4. The number of nitrogens with zero attached hydrogens (tertiary/aromatic N) is 2. The van der Waals surface area contributed by atoms with Crippen LogP contribution in [0.2, 0.25) is 0 Å². The third kappa shape index (κ3) is 4.88. The summed E-state index contributed by atoms with van der Waals surface area (Å²) in [7, 11) is 0. The highest BCUT2D eigenvalue weighted by Crippen LogP contribution is 2.22. The summed E-state index contributed by atoms with van der Waals surface area (Å²) >= 11 is 3.33. The molecule has 2 heterocycles. The van der Waals surface area contributed by atoms with Gasteiger partial charge in [-0.3, -0.25) is 0 Å². The lowest BCUT2D eigenvalue weighted by atomic mass is 10.2. The molecule has 0 unspecified atom stereocenters. The van der Waals surface area contributed by atoms with Crippen molar-refractivity contribution in [3.05, 3.63) is 22.8 Å². The summed E-state index contributed by atoms with van der Waals surface area (Å²) in [6, 6.07) is 3.73. The van der Waals surface area contributed by atoms with Gasteiger partial charge in [0.25, 0.3) is 0 Å². The van der Waals surface area contributed by atoms with Gasteiger partial charge in [0.2, 0.25) is 5.88 Å². The molecule has 0 aromatic carbocycles. The zero-order valence-corrected chi connectivity index (χ0v) is 14.2. The molecule has 1 fully saturated rings. The van der Waals surface area contributed by atoms with Crippen LogP contribution in [0, 0.1) is 0 Å². The first kappa shape index (κ1) is 16.1. The van der Waals surface area contributed by atoms with Crippen LogP contribution >= 0.6 is 15.9 Å². The number of carbonyl (C=O) groups excluding carboxylic acids is 1. The fraction of sp³-hybridized carbons (Fsp3) is 0.600. The number of hydrogen-bond donors (Lipinski definition) is 0. The van der Waals surface area contributed by atoms with Gasteiger partial charge in [-0.15, -0.1) is 0 Å².